The third kappa shape index (κ3) is 4.84. The van der Waals surface area contributed by atoms with E-state index in [1.807, 2.05) is 24.3 Å². The topological polar surface area (TPSA) is 41.6 Å². The van der Waals surface area contributed by atoms with E-state index in [-0.39, 0.29) is 17.5 Å². The van der Waals surface area contributed by atoms with Gasteiger partial charge < -0.3 is 10.1 Å². The van der Waals surface area contributed by atoms with E-state index in [1.54, 1.807) is 7.11 Å². The van der Waals surface area contributed by atoms with Gasteiger partial charge in [0.05, 0.1) is 18.7 Å². The van der Waals surface area contributed by atoms with Gasteiger partial charge in [0.2, 0.25) is 0 Å². The predicted octanol–water partition coefficient (Wildman–Crippen LogP) is 4.28. The van der Waals surface area contributed by atoms with E-state index in [4.69, 9.17) is 4.74 Å². The van der Waals surface area contributed by atoms with Crippen LogP contribution in [0.25, 0.3) is 0 Å². The molecule has 0 aromatic heterocycles. The first-order valence-electron chi connectivity index (χ1n) is 9.22. The molecule has 0 aliphatic carbocycles. The monoisotopic (exact) mass is 392 g/mol. The fourth-order valence-electron chi connectivity index (χ4n) is 3.44. The third-order valence-electron chi connectivity index (χ3n) is 5.01. The Bertz CT molecular complexity index is 783. The number of rotatable bonds is 6. The molecule has 0 bridgehead atoms. The highest BCUT2D eigenvalue weighted by molar-refractivity contribution is 5.94. The lowest BCUT2D eigenvalue weighted by Crippen LogP contribution is -2.36. The fourth-order valence-corrected chi connectivity index (χ4v) is 3.44. The molecule has 2 aromatic carbocycles. The van der Waals surface area contributed by atoms with Gasteiger partial charge in [-0.2, -0.15) is 13.2 Å². The Labute approximate surface area is 162 Å². The van der Waals surface area contributed by atoms with Crippen molar-refractivity contribution in [3.63, 3.8) is 0 Å². The van der Waals surface area contributed by atoms with Crippen LogP contribution in [0.15, 0.2) is 48.5 Å². The number of amides is 1. The Balaban J connectivity index is 1.69. The van der Waals surface area contributed by atoms with Crippen LogP contribution < -0.4 is 10.1 Å². The highest BCUT2D eigenvalue weighted by atomic mass is 19.4. The smallest absolute Gasteiger partial charge is 0.416 e. The van der Waals surface area contributed by atoms with E-state index in [0.717, 1.165) is 49.4 Å². The lowest BCUT2D eigenvalue weighted by Gasteiger charge is -2.28. The second-order valence-electron chi connectivity index (χ2n) is 6.82. The zero-order chi connectivity index (χ0) is 20.1. The molecule has 2 aromatic rings. The normalized spacial score (nSPS) is 16.0. The van der Waals surface area contributed by atoms with Gasteiger partial charge in [0.1, 0.15) is 5.75 Å². The van der Waals surface area contributed by atoms with Gasteiger partial charge in [-0.3, -0.25) is 9.69 Å². The van der Waals surface area contributed by atoms with Crippen LogP contribution in [0, 0.1) is 0 Å². The molecule has 0 radical (unpaired) electrons. The summed E-state index contributed by atoms with van der Waals surface area (Å²) in [6.07, 6.45) is -2.19. The van der Waals surface area contributed by atoms with Crippen molar-refractivity contribution in [2.75, 3.05) is 26.7 Å². The minimum atomic E-state index is -4.41. The quantitative estimate of drug-likeness (QED) is 0.798. The molecule has 1 aliphatic heterocycles. The molecule has 0 spiro atoms. The van der Waals surface area contributed by atoms with E-state index in [0.29, 0.717) is 6.54 Å². The number of nitrogens with zero attached hydrogens (tertiary/aromatic N) is 1. The van der Waals surface area contributed by atoms with E-state index >= 15 is 0 Å². The molecule has 4 nitrogen and oxygen atoms in total. The van der Waals surface area contributed by atoms with Crippen molar-refractivity contribution >= 4 is 5.91 Å². The van der Waals surface area contributed by atoms with Crippen molar-refractivity contribution in [2.45, 2.75) is 25.1 Å². The van der Waals surface area contributed by atoms with Crippen LogP contribution in [0.5, 0.6) is 5.75 Å². The second kappa shape index (κ2) is 8.65. The van der Waals surface area contributed by atoms with Crippen LogP contribution in [-0.4, -0.2) is 37.6 Å². The molecular weight excluding hydrogens is 369 g/mol. The molecule has 0 saturated carbocycles. The van der Waals surface area contributed by atoms with Gasteiger partial charge in [0.15, 0.2) is 0 Å². The van der Waals surface area contributed by atoms with Crippen molar-refractivity contribution in [1.82, 2.24) is 10.2 Å². The summed E-state index contributed by atoms with van der Waals surface area (Å²) in [7, 11) is 1.61. The lowest BCUT2D eigenvalue weighted by molar-refractivity contribution is -0.137. The van der Waals surface area contributed by atoms with Gasteiger partial charge in [-0.25, -0.2) is 0 Å². The molecule has 1 fully saturated rings. The number of likely N-dealkylation sites (tertiary alicyclic amines) is 1. The van der Waals surface area contributed by atoms with Crippen molar-refractivity contribution in [2.24, 2.45) is 0 Å². The molecular formula is C21H23F3N2O2. The molecule has 1 unspecified atom stereocenters. The first-order valence-corrected chi connectivity index (χ1v) is 9.22. The molecule has 1 aliphatic rings. The molecule has 1 heterocycles. The van der Waals surface area contributed by atoms with Crippen LogP contribution in [0.2, 0.25) is 0 Å². The molecule has 1 saturated heterocycles. The molecule has 150 valence electrons. The Morgan fingerprint density at radius 2 is 1.68 bits per heavy atom. The SMILES string of the molecule is COc1ccc(C(CNC(=O)c2ccc(C(F)(F)F)cc2)N2CCCC2)cc1. The minimum Gasteiger partial charge on any atom is -0.497 e. The van der Waals surface area contributed by atoms with Crippen LogP contribution in [-0.2, 0) is 6.18 Å². The Kier molecular flexibility index (Phi) is 6.24. The van der Waals surface area contributed by atoms with Crippen molar-refractivity contribution in [1.29, 1.82) is 0 Å². The molecule has 1 atom stereocenters. The average molecular weight is 392 g/mol. The Morgan fingerprint density at radius 1 is 1.07 bits per heavy atom. The van der Waals surface area contributed by atoms with Gasteiger partial charge in [-0.15, -0.1) is 0 Å². The number of benzene rings is 2. The fraction of sp³-hybridized carbons (Fsp3) is 0.381. The maximum Gasteiger partial charge on any atom is 0.416 e. The van der Waals surface area contributed by atoms with Crippen LogP contribution in [0.4, 0.5) is 13.2 Å². The summed E-state index contributed by atoms with van der Waals surface area (Å²) in [5, 5.41) is 2.87. The molecule has 7 heteroatoms. The Hall–Kier alpha value is -2.54. The average Bonchev–Trinajstić information content (AvgIpc) is 3.22. The first-order chi connectivity index (χ1) is 13.4. The van der Waals surface area contributed by atoms with E-state index in [1.165, 1.54) is 12.1 Å². The van der Waals surface area contributed by atoms with Gasteiger partial charge in [0, 0.05) is 12.1 Å². The standard InChI is InChI=1S/C21H23F3N2O2/c1-28-18-10-6-15(7-11-18)19(26-12-2-3-13-26)14-25-20(27)16-4-8-17(9-5-16)21(22,23)24/h4-11,19H,2-3,12-14H2,1H3,(H,25,27). The number of ether oxygens (including phenoxy) is 1. The van der Waals surface area contributed by atoms with Crippen LogP contribution >= 0.6 is 0 Å². The summed E-state index contributed by atoms with van der Waals surface area (Å²) < 4.78 is 43.2. The Morgan fingerprint density at radius 3 is 2.21 bits per heavy atom. The predicted molar refractivity (Wildman–Crippen MR) is 100 cm³/mol. The number of methoxy groups -OCH3 is 1. The zero-order valence-corrected chi connectivity index (χ0v) is 15.6. The summed E-state index contributed by atoms with van der Waals surface area (Å²) in [4.78, 5) is 14.7. The van der Waals surface area contributed by atoms with Crippen molar-refractivity contribution in [3.05, 3.63) is 65.2 Å². The number of hydrogen-bond donors (Lipinski definition) is 1. The van der Waals surface area contributed by atoms with E-state index in [2.05, 4.69) is 10.2 Å². The number of alkyl halides is 3. The zero-order valence-electron chi connectivity index (χ0n) is 15.6. The number of nitrogens with one attached hydrogen (secondary N) is 1. The van der Waals surface area contributed by atoms with Crippen LogP contribution in [0.1, 0.15) is 40.4 Å². The van der Waals surface area contributed by atoms with Crippen molar-refractivity contribution < 1.29 is 22.7 Å². The summed E-state index contributed by atoms with van der Waals surface area (Å²) in [6.45, 7) is 2.28. The van der Waals surface area contributed by atoms with E-state index < -0.39 is 11.7 Å². The van der Waals surface area contributed by atoms with Crippen LogP contribution in [0.3, 0.4) is 0 Å². The van der Waals surface area contributed by atoms with Gasteiger partial charge in [-0.1, -0.05) is 12.1 Å². The number of halogens is 3. The number of carbonyl (C=O) groups excluding carboxylic acids is 1. The molecule has 3 rings (SSSR count). The minimum absolute atomic E-state index is 0.00630. The maximum absolute atomic E-state index is 12.7. The lowest BCUT2D eigenvalue weighted by atomic mass is 10.0. The summed E-state index contributed by atoms with van der Waals surface area (Å²) in [6, 6.07) is 12.0. The number of carbonyl (C=O) groups is 1. The first kappa shape index (κ1) is 20.2. The highest BCUT2D eigenvalue weighted by Gasteiger charge is 2.30. The van der Waals surface area contributed by atoms with Gasteiger partial charge >= 0.3 is 6.18 Å². The molecule has 28 heavy (non-hydrogen) atoms. The summed E-state index contributed by atoms with van der Waals surface area (Å²) >= 11 is 0. The van der Waals surface area contributed by atoms with Gasteiger partial charge in [-0.05, 0) is 67.9 Å². The molecule has 1 amide bonds. The molecule has 1 N–H and O–H groups in total. The summed E-state index contributed by atoms with van der Waals surface area (Å²) in [5.41, 5.74) is 0.510. The van der Waals surface area contributed by atoms with Gasteiger partial charge in [0.25, 0.3) is 5.91 Å². The largest absolute Gasteiger partial charge is 0.497 e. The second-order valence-corrected chi connectivity index (χ2v) is 6.82. The highest BCUT2D eigenvalue weighted by Crippen LogP contribution is 2.29. The third-order valence-corrected chi connectivity index (χ3v) is 5.01. The maximum atomic E-state index is 12.7. The van der Waals surface area contributed by atoms with E-state index in [9.17, 15) is 18.0 Å². The number of hydrogen-bond acceptors (Lipinski definition) is 3. The summed E-state index contributed by atoms with van der Waals surface area (Å²) in [5.74, 6) is 0.379. The van der Waals surface area contributed by atoms with Crippen molar-refractivity contribution in [3.8, 4) is 5.75 Å².